The van der Waals surface area contributed by atoms with Crippen molar-refractivity contribution < 1.29 is 14.1 Å². The summed E-state index contributed by atoms with van der Waals surface area (Å²) in [6.45, 7) is 1.68. The molecule has 5 nitrogen and oxygen atoms in total. The molecule has 0 aliphatic carbocycles. The average molecular weight is 296 g/mol. The summed E-state index contributed by atoms with van der Waals surface area (Å²) in [6.07, 6.45) is 0. The van der Waals surface area contributed by atoms with Crippen LogP contribution in [0.25, 0.3) is 10.8 Å². The molecule has 0 spiro atoms. The molecular weight excluding hydrogens is 280 g/mol. The van der Waals surface area contributed by atoms with Gasteiger partial charge in [-0.3, -0.25) is 4.79 Å². The van der Waals surface area contributed by atoms with Crippen molar-refractivity contribution in [2.24, 2.45) is 0 Å². The van der Waals surface area contributed by atoms with E-state index in [0.717, 1.165) is 16.5 Å². The van der Waals surface area contributed by atoms with Crippen LogP contribution in [0.3, 0.4) is 0 Å². The van der Waals surface area contributed by atoms with E-state index in [9.17, 15) is 4.79 Å². The Labute approximate surface area is 128 Å². The lowest BCUT2D eigenvalue weighted by Gasteiger charge is -2.19. The Hall–Kier alpha value is -2.82. The Kier molecular flexibility index (Phi) is 3.78. The molecule has 0 saturated carbocycles. The molecule has 0 N–H and O–H groups in total. The van der Waals surface area contributed by atoms with Crippen LogP contribution in [-0.4, -0.2) is 24.7 Å². The molecular formula is C17H16N2O3. The number of hydrogen-bond donors (Lipinski definition) is 0. The van der Waals surface area contributed by atoms with Crippen LogP contribution in [0.2, 0.25) is 0 Å². The number of nitrogens with zero attached hydrogens (tertiary/aromatic N) is 2. The van der Waals surface area contributed by atoms with E-state index < -0.39 is 0 Å². The maximum atomic E-state index is 12.3. The number of benzene rings is 2. The highest BCUT2D eigenvalue weighted by molar-refractivity contribution is 6.03. The van der Waals surface area contributed by atoms with Crippen molar-refractivity contribution in [1.29, 1.82) is 0 Å². The van der Waals surface area contributed by atoms with Crippen LogP contribution in [0.5, 0.6) is 5.88 Å². The molecule has 0 aliphatic heterocycles. The molecule has 1 aromatic heterocycles. The number of amides is 1. The second-order valence-electron chi connectivity index (χ2n) is 5.02. The smallest absolute Gasteiger partial charge is 0.264 e. The number of likely N-dealkylation sites (N-methyl/N-ethyl adjacent to an activating group) is 1. The quantitative estimate of drug-likeness (QED) is 0.742. The van der Waals surface area contributed by atoms with Crippen molar-refractivity contribution in [2.75, 3.05) is 18.6 Å². The van der Waals surface area contributed by atoms with E-state index in [1.54, 1.807) is 24.9 Å². The Morgan fingerprint density at radius 2 is 2.00 bits per heavy atom. The molecule has 0 radical (unpaired) electrons. The summed E-state index contributed by atoms with van der Waals surface area (Å²) in [5.41, 5.74) is 0.850. The third kappa shape index (κ3) is 2.79. The van der Waals surface area contributed by atoms with Crippen LogP contribution in [0, 0.1) is 6.92 Å². The first-order chi connectivity index (χ1) is 10.6. The molecule has 0 fully saturated rings. The fourth-order valence-electron chi connectivity index (χ4n) is 2.28. The highest BCUT2D eigenvalue weighted by Crippen LogP contribution is 2.25. The molecule has 0 atom stereocenters. The Morgan fingerprint density at radius 3 is 2.77 bits per heavy atom. The van der Waals surface area contributed by atoms with E-state index in [1.807, 2.05) is 42.5 Å². The van der Waals surface area contributed by atoms with Crippen LogP contribution in [0.1, 0.15) is 5.76 Å². The van der Waals surface area contributed by atoms with Gasteiger partial charge in [0, 0.05) is 18.5 Å². The molecule has 0 bridgehead atoms. The standard InChI is InChI=1S/C17H16N2O3/c1-12-10-16(18-22-12)21-11-17(20)19(2)15-9-5-7-13-6-3-4-8-14(13)15/h3-10H,11H2,1-2H3. The zero-order valence-electron chi connectivity index (χ0n) is 12.4. The van der Waals surface area contributed by atoms with E-state index in [-0.39, 0.29) is 12.5 Å². The third-order valence-corrected chi connectivity index (χ3v) is 3.45. The van der Waals surface area contributed by atoms with Gasteiger partial charge in [0.25, 0.3) is 11.8 Å². The van der Waals surface area contributed by atoms with Gasteiger partial charge in [-0.25, -0.2) is 0 Å². The molecule has 5 heteroatoms. The zero-order chi connectivity index (χ0) is 15.5. The van der Waals surface area contributed by atoms with Crippen molar-refractivity contribution in [3.8, 4) is 5.88 Å². The number of fused-ring (bicyclic) bond motifs is 1. The summed E-state index contributed by atoms with van der Waals surface area (Å²) in [4.78, 5) is 13.9. The summed E-state index contributed by atoms with van der Waals surface area (Å²) in [6, 6.07) is 15.5. The number of aromatic nitrogens is 1. The molecule has 0 unspecified atom stereocenters. The summed E-state index contributed by atoms with van der Waals surface area (Å²) in [5, 5.41) is 5.82. The van der Waals surface area contributed by atoms with Crippen LogP contribution >= 0.6 is 0 Å². The lowest BCUT2D eigenvalue weighted by atomic mass is 10.1. The monoisotopic (exact) mass is 296 g/mol. The Morgan fingerprint density at radius 1 is 1.23 bits per heavy atom. The van der Waals surface area contributed by atoms with Gasteiger partial charge in [0.15, 0.2) is 6.61 Å². The maximum Gasteiger partial charge on any atom is 0.264 e. The van der Waals surface area contributed by atoms with E-state index >= 15 is 0 Å². The number of hydrogen-bond acceptors (Lipinski definition) is 4. The van der Waals surface area contributed by atoms with Gasteiger partial charge in [0.1, 0.15) is 5.76 Å². The van der Waals surface area contributed by atoms with Crippen molar-refractivity contribution in [3.63, 3.8) is 0 Å². The minimum absolute atomic E-state index is 0.0916. The van der Waals surface area contributed by atoms with E-state index in [1.165, 1.54) is 0 Å². The van der Waals surface area contributed by atoms with Gasteiger partial charge in [0.05, 0.1) is 5.69 Å². The lowest BCUT2D eigenvalue weighted by molar-refractivity contribution is -0.120. The summed E-state index contributed by atoms with van der Waals surface area (Å²) < 4.78 is 10.2. The van der Waals surface area contributed by atoms with Gasteiger partial charge in [-0.2, -0.15) is 0 Å². The predicted octanol–water partition coefficient (Wildman–Crippen LogP) is 3.18. The van der Waals surface area contributed by atoms with Crippen LogP contribution in [0.15, 0.2) is 53.1 Å². The molecule has 3 aromatic rings. The third-order valence-electron chi connectivity index (χ3n) is 3.45. The second kappa shape index (κ2) is 5.89. The first-order valence-corrected chi connectivity index (χ1v) is 6.95. The molecule has 0 saturated heterocycles. The van der Waals surface area contributed by atoms with Crippen LogP contribution < -0.4 is 9.64 Å². The topological polar surface area (TPSA) is 55.6 Å². The van der Waals surface area contributed by atoms with Gasteiger partial charge < -0.3 is 14.2 Å². The Bertz CT molecular complexity index is 805. The minimum atomic E-state index is -0.156. The molecule has 112 valence electrons. The van der Waals surface area contributed by atoms with Crippen molar-refractivity contribution in [2.45, 2.75) is 6.92 Å². The number of rotatable bonds is 4. The van der Waals surface area contributed by atoms with Gasteiger partial charge >= 0.3 is 0 Å². The fourth-order valence-corrected chi connectivity index (χ4v) is 2.28. The molecule has 2 aromatic carbocycles. The first-order valence-electron chi connectivity index (χ1n) is 6.95. The molecule has 22 heavy (non-hydrogen) atoms. The highest BCUT2D eigenvalue weighted by Gasteiger charge is 2.15. The van der Waals surface area contributed by atoms with Gasteiger partial charge in [-0.1, -0.05) is 36.4 Å². The van der Waals surface area contributed by atoms with Crippen molar-refractivity contribution >= 4 is 22.4 Å². The second-order valence-corrected chi connectivity index (χ2v) is 5.02. The molecule has 3 rings (SSSR count). The van der Waals surface area contributed by atoms with Gasteiger partial charge in [-0.15, -0.1) is 0 Å². The number of carbonyl (C=O) groups is 1. The zero-order valence-corrected chi connectivity index (χ0v) is 12.4. The Balaban J connectivity index is 1.77. The highest BCUT2D eigenvalue weighted by atomic mass is 16.5. The van der Waals surface area contributed by atoms with Crippen molar-refractivity contribution in [1.82, 2.24) is 5.16 Å². The number of anilines is 1. The van der Waals surface area contributed by atoms with E-state index in [4.69, 9.17) is 9.26 Å². The molecule has 0 aliphatic rings. The van der Waals surface area contributed by atoms with E-state index in [0.29, 0.717) is 11.6 Å². The SMILES string of the molecule is Cc1cc(OCC(=O)N(C)c2cccc3ccccc23)no1. The lowest BCUT2D eigenvalue weighted by Crippen LogP contribution is -2.31. The predicted molar refractivity (Wildman–Crippen MR) is 84.1 cm³/mol. The summed E-state index contributed by atoms with van der Waals surface area (Å²) in [7, 11) is 1.74. The first kappa shape index (κ1) is 14.1. The fraction of sp³-hybridized carbons (Fsp3) is 0.176. The number of carbonyl (C=O) groups excluding carboxylic acids is 1. The average Bonchev–Trinajstić information content (AvgIpc) is 2.97. The maximum absolute atomic E-state index is 12.3. The number of ether oxygens (including phenoxy) is 1. The van der Waals surface area contributed by atoms with Gasteiger partial charge in [0.2, 0.25) is 0 Å². The molecule has 1 amide bonds. The van der Waals surface area contributed by atoms with Gasteiger partial charge in [-0.05, 0) is 23.5 Å². The number of aryl methyl sites for hydroxylation is 1. The summed E-state index contributed by atoms with van der Waals surface area (Å²) in [5.74, 6) is 0.805. The van der Waals surface area contributed by atoms with E-state index in [2.05, 4.69) is 5.16 Å². The largest absolute Gasteiger partial charge is 0.465 e. The summed E-state index contributed by atoms with van der Waals surface area (Å²) >= 11 is 0. The normalized spacial score (nSPS) is 10.6. The van der Waals surface area contributed by atoms with Crippen molar-refractivity contribution in [3.05, 3.63) is 54.3 Å². The van der Waals surface area contributed by atoms with Crippen LogP contribution in [0.4, 0.5) is 5.69 Å². The van der Waals surface area contributed by atoms with Crippen LogP contribution in [-0.2, 0) is 4.79 Å². The minimum Gasteiger partial charge on any atom is -0.465 e. The molecule has 1 heterocycles.